The molecule has 3 N–H and O–H groups in total. The van der Waals surface area contributed by atoms with Gasteiger partial charge < -0.3 is 25.1 Å². The van der Waals surface area contributed by atoms with Gasteiger partial charge in [0.05, 0.1) is 20.8 Å². The molecule has 3 aromatic carbocycles. The Hall–Kier alpha value is -4.40. The number of aromatic nitrogens is 1. The Morgan fingerprint density at radius 1 is 0.917 bits per heavy atom. The van der Waals surface area contributed by atoms with Gasteiger partial charge in [-0.05, 0) is 29.8 Å². The standard InChI is InChI=1S/C27H25F2N3O4/c1-35-24-9-5-7-20(26(24)36-2)22(21-13-30-23-8-4-3-6-19(21)23)14-31-25(33)15-32-27(34)16-10-17(28)12-18(29)11-16/h3-13,22,30H,14-15H2,1-2H3,(H,31,33)(H,32,34). The molecule has 4 rings (SSSR count). The van der Waals surface area contributed by atoms with Crippen LogP contribution in [0.4, 0.5) is 8.78 Å². The average Bonchev–Trinajstić information content (AvgIpc) is 3.30. The monoisotopic (exact) mass is 493 g/mol. The first-order valence-electron chi connectivity index (χ1n) is 11.2. The van der Waals surface area contributed by atoms with E-state index in [9.17, 15) is 18.4 Å². The maximum absolute atomic E-state index is 13.4. The van der Waals surface area contributed by atoms with Crippen LogP contribution in [0.25, 0.3) is 10.9 Å². The maximum atomic E-state index is 13.4. The van der Waals surface area contributed by atoms with Crippen LogP contribution in [-0.4, -0.2) is 44.1 Å². The van der Waals surface area contributed by atoms with E-state index in [0.29, 0.717) is 17.6 Å². The number of aromatic amines is 1. The fourth-order valence-electron chi connectivity index (χ4n) is 4.18. The zero-order valence-electron chi connectivity index (χ0n) is 19.7. The first-order valence-corrected chi connectivity index (χ1v) is 11.2. The fourth-order valence-corrected chi connectivity index (χ4v) is 4.18. The van der Waals surface area contributed by atoms with Gasteiger partial charge in [-0.2, -0.15) is 0 Å². The number of rotatable bonds is 9. The molecule has 1 aromatic heterocycles. The van der Waals surface area contributed by atoms with Crippen molar-refractivity contribution in [2.24, 2.45) is 0 Å². The fraction of sp³-hybridized carbons (Fsp3) is 0.185. The highest BCUT2D eigenvalue weighted by atomic mass is 19.1. The highest BCUT2D eigenvalue weighted by Crippen LogP contribution is 2.40. The van der Waals surface area contributed by atoms with Gasteiger partial charge in [0, 0.05) is 46.8 Å². The summed E-state index contributed by atoms with van der Waals surface area (Å²) in [6, 6.07) is 15.8. The first kappa shape index (κ1) is 24.7. The van der Waals surface area contributed by atoms with Crippen LogP contribution >= 0.6 is 0 Å². The summed E-state index contributed by atoms with van der Waals surface area (Å²) >= 11 is 0. The number of para-hydroxylation sites is 2. The van der Waals surface area contributed by atoms with E-state index in [0.717, 1.165) is 34.2 Å². The molecule has 0 saturated heterocycles. The average molecular weight is 494 g/mol. The number of benzene rings is 3. The van der Waals surface area contributed by atoms with Gasteiger partial charge in [-0.25, -0.2) is 8.78 Å². The number of fused-ring (bicyclic) bond motifs is 1. The number of hydrogen-bond donors (Lipinski definition) is 3. The first-order chi connectivity index (χ1) is 17.4. The van der Waals surface area contributed by atoms with Crippen molar-refractivity contribution < 1.29 is 27.8 Å². The van der Waals surface area contributed by atoms with Crippen molar-refractivity contribution in [1.82, 2.24) is 15.6 Å². The van der Waals surface area contributed by atoms with Crippen molar-refractivity contribution in [3.8, 4) is 11.5 Å². The number of amides is 2. The number of ether oxygens (including phenoxy) is 2. The molecule has 0 aliphatic carbocycles. The lowest BCUT2D eigenvalue weighted by atomic mass is 9.90. The van der Waals surface area contributed by atoms with Crippen LogP contribution in [0.3, 0.4) is 0 Å². The normalized spacial score (nSPS) is 11.7. The summed E-state index contributed by atoms with van der Waals surface area (Å²) in [6.07, 6.45) is 1.89. The van der Waals surface area contributed by atoms with Gasteiger partial charge in [-0.3, -0.25) is 9.59 Å². The predicted molar refractivity (Wildman–Crippen MR) is 131 cm³/mol. The smallest absolute Gasteiger partial charge is 0.251 e. The Balaban J connectivity index is 1.54. The van der Waals surface area contributed by atoms with E-state index < -0.39 is 23.4 Å². The molecule has 0 radical (unpaired) electrons. The van der Waals surface area contributed by atoms with Crippen LogP contribution < -0.4 is 20.1 Å². The molecule has 1 atom stereocenters. The predicted octanol–water partition coefficient (Wildman–Crippen LogP) is 4.14. The van der Waals surface area contributed by atoms with E-state index in [-0.39, 0.29) is 24.6 Å². The van der Waals surface area contributed by atoms with Gasteiger partial charge in [0.2, 0.25) is 5.91 Å². The largest absolute Gasteiger partial charge is 0.493 e. The topological polar surface area (TPSA) is 92.5 Å². The van der Waals surface area contributed by atoms with E-state index in [4.69, 9.17) is 9.47 Å². The molecule has 0 spiro atoms. The van der Waals surface area contributed by atoms with Crippen LogP contribution in [0.2, 0.25) is 0 Å². The molecule has 9 heteroatoms. The summed E-state index contributed by atoms with van der Waals surface area (Å²) in [7, 11) is 3.11. The van der Waals surface area contributed by atoms with Crippen molar-refractivity contribution >= 4 is 22.7 Å². The third-order valence-electron chi connectivity index (χ3n) is 5.84. The lowest BCUT2D eigenvalue weighted by molar-refractivity contribution is -0.120. The van der Waals surface area contributed by atoms with E-state index in [1.165, 1.54) is 0 Å². The van der Waals surface area contributed by atoms with E-state index in [2.05, 4.69) is 15.6 Å². The summed E-state index contributed by atoms with van der Waals surface area (Å²) in [4.78, 5) is 28.1. The second-order valence-electron chi connectivity index (χ2n) is 8.07. The molecule has 36 heavy (non-hydrogen) atoms. The maximum Gasteiger partial charge on any atom is 0.251 e. The number of nitrogens with one attached hydrogen (secondary N) is 3. The van der Waals surface area contributed by atoms with E-state index in [1.54, 1.807) is 20.3 Å². The minimum atomic E-state index is -0.876. The van der Waals surface area contributed by atoms with Crippen molar-refractivity contribution in [2.75, 3.05) is 27.3 Å². The van der Waals surface area contributed by atoms with Gasteiger partial charge in [-0.1, -0.05) is 30.3 Å². The Bertz CT molecular complexity index is 1380. The summed E-state index contributed by atoms with van der Waals surface area (Å²) in [5, 5.41) is 6.22. The van der Waals surface area contributed by atoms with Crippen molar-refractivity contribution in [2.45, 2.75) is 5.92 Å². The molecule has 0 aliphatic rings. The van der Waals surface area contributed by atoms with Gasteiger partial charge >= 0.3 is 0 Å². The minimum absolute atomic E-state index is 0.189. The number of H-pyrrole nitrogens is 1. The van der Waals surface area contributed by atoms with E-state index >= 15 is 0 Å². The molecule has 4 aromatic rings. The van der Waals surface area contributed by atoms with Crippen molar-refractivity contribution in [3.63, 3.8) is 0 Å². The lowest BCUT2D eigenvalue weighted by Crippen LogP contribution is -2.38. The SMILES string of the molecule is COc1cccc(C(CNC(=O)CNC(=O)c2cc(F)cc(F)c2)c2c[nH]c3ccccc23)c1OC. The van der Waals surface area contributed by atoms with Gasteiger partial charge in [-0.15, -0.1) is 0 Å². The van der Waals surface area contributed by atoms with Crippen LogP contribution in [-0.2, 0) is 4.79 Å². The van der Waals surface area contributed by atoms with Crippen LogP contribution in [0, 0.1) is 11.6 Å². The summed E-state index contributed by atoms with van der Waals surface area (Å²) in [5.41, 5.74) is 2.48. The van der Waals surface area contributed by atoms with Crippen molar-refractivity contribution in [1.29, 1.82) is 0 Å². The molecule has 0 fully saturated rings. The highest BCUT2D eigenvalue weighted by molar-refractivity contribution is 5.96. The minimum Gasteiger partial charge on any atom is -0.493 e. The third kappa shape index (κ3) is 5.30. The van der Waals surface area contributed by atoms with Gasteiger partial charge in [0.15, 0.2) is 11.5 Å². The number of carbonyl (C=O) groups is 2. The molecule has 0 saturated carbocycles. The Labute approximate surface area is 206 Å². The van der Waals surface area contributed by atoms with E-state index in [1.807, 2.05) is 42.6 Å². The molecule has 186 valence electrons. The number of methoxy groups -OCH3 is 2. The molecule has 7 nitrogen and oxygen atoms in total. The summed E-state index contributed by atoms with van der Waals surface area (Å²) in [6.45, 7) is -0.179. The summed E-state index contributed by atoms with van der Waals surface area (Å²) in [5.74, 6) is -2.19. The second-order valence-corrected chi connectivity index (χ2v) is 8.07. The van der Waals surface area contributed by atoms with Crippen LogP contribution in [0.5, 0.6) is 11.5 Å². The zero-order chi connectivity index (χ0) is 25.7. The summed E-state index contributed by atoms with van der Waals surface area (Å²) < 4.78 is 37.9. The second kappa shape index (κ2) is 10.9. The van der Waals surface area contributed by atoms with Crippen LogP contribution in [0.1, 0.15) is 27.4 Å². The van der Waals surface area contributed by atoms with Crippen molar-refractivity contribution in [3.05, 3.63) is 95.2 Å². The highest BCUT2D eigenvalue weighted by Gasteiger charge is 2.24. The molecular weight excluding hydrogens is 468 g/mol. The number of hydrogen-bond acceptors (Lipinski definition) is 4. The lowest BCUT2D eigenvalue weighted by Gasteiger charge is -2.22. The molecular formula is C27H25F2N3O4. The third-order valence-corrected chi connectivity index (χ3v) is 5.84. The quantitative estimate of drug-likeness (QED) is 0.327. The Morgan fingerprint density at radius 2 is 1.67 bits per heavy atom. The molecule has 0 bridgehead atoms. The van der Waals surface area contributed by atoms with Gasteiger partial charge in [0.1, 0.15) is 11.6 Å². The molecule has 1 unspecified atom stereocenters. The number of carbonyl (C=O) groups excluding carboxylic acids is 2. The zero-order valence-corrected chi connectivity index (χ0v) is 19.7. The van der Waals surface area contributed by atoms with Gasteiger partial charge in [0.25, 0.3) is 5.91 Å². The Kier molecular flexibility index (Phi) is 7.48. The molecule has 1 heterocycles. The Morgan fingerprint density at radius 3 is 2.39 bits per heavy atom. The molecule has 0 aliphatic heterocycles. The number of halogens is 2. The molecule has 2 amide bonds. The van der Waals surface area contributed by atoms with Crippen LogP contribution in [0.15, 0.2) is 66.9 Å².